The number of fused-ring (bicyclic) bond motifs is 1. The number of nitrogens with zero attached hydrogens (tertiary/aromatic N) is 2. The van der Waals surface area contributed by atoms with Gasteiger partial charge in [-0.15, -0.1) is 0 Å². The first-order valence-electron chi connectivity index (χ1n) is 9.10. The van der Waals surface area contributed by atoms with Crippen LogP contribution in [0.1, 0.15) is 30.0 Å². The molecule has 0 spiro atoms. The number of nitrogens with two attached hydrogens (primary N) is 1. The van der Waals surface area contributed by atoms with E-state index >= 15 is 0 Å². The molecule has 27 heavy (non-hydrogen) atoms. The molecule has 0 saturated carbocycles. The van der Waals surface area contributed by atoms with Gasteiger partial charge in [0.25, 0.3) is 0 Å². The maximum Gasteiger partial charge on any atom is 0.230 e. The zero-order valence-electron chi connectivity index (χ0n) is 15.0. The zero-order valence-corrected chi connectivity index (χ0v) is 15.8. The van der Waals surface area contributed by atoms with Crippen molar-refractivity contribution in [2.45, 2.75) is 30.5 Å². The lowest BCUT2D eigenvalue weighted by atomic mass is 9.88. The van der Waals surface area contributed by atoms with Gasteiger partial charge in [-0.3, -0.25) is 4.79 Å². The molecule has 0 radical (unpaired) electrons. The molecule has 4 rings (SSSR count). The number of imidazole rings is 1. The maximum atomic E-state index is 12.5. The van der Waals surface area contributed by atoms with Gasteiger partial charge in [0.2, 0.25) is 5.91 Å². The Morgan fingerprint density at radius 3 is 2.81 bits per heavy atom. The number of nitrogens with one attached hydrogen (secondary N) is 1. The highest BCUT2D eigenvalue weighted by Gasteiger charge is 2.21. The van der Waals surface area contributed by atoms with Gasteiger partial charge in [0.05, 0.1) is 23.7 Å². The minimum atomic E-state index is 0.00552. The molecule has 1 aliphatic carbocycles. The van der Waals surface area contributed by atoms with Crippen LogP contribution in [-0.4, -0.2) is 21.3 Å². The second kappa shape index (κ2) is 7.88. The Morgan fingerprint density at radius 2 is 1.96 bits per heavy atom. The number of hydrogen-bond acceptors (Lipinski definition) is 4. The molecule has 5 nitrogen and oxygen atoms in total. The van der Waals surface area contributed by atoms with Gasteiger partial charge >= 0.3 is 0 Å². The lowest BCUT2D eigenvalue weighted by molar-refractivity contribution is -0.119. The second-order valence-electron chi connectivity index (χ2n) is 6.68. The summed E-state index contributed by atoms with van der Waals surface area (Å²) >= 11 is 1.36. The summed E-state index contributed by atoms with van der Waals surface area (Å²) in [5.74, 6) is 6.31. The number of rotatable bonds is 5. The molecule has 3 N–H and O–H groups in total. The molecular formula is C21H22N4OS. The van der Waals surface area contributed by atoms with E-state index in [2.05, 4.69) is 28.5 Å². The van der Waals surface area contributed by atoms with Gasteiger partial charge in [0, 0.05) is 5.56 Å². The zero-order chi connectivity index (χ0) is 18.6. The Bertz CT molecular complexity index is 938. The van der Waals surface area contributed by atoms with Crippen LogP contribution < -0.4 is 11.2 Å². The number of aromatic nitrogens is 2. The highest BCUT2D eigenvalue weighted by molar-refractivity contribution is 7.99. The number of amides is 1. The molecule has 0 bridgehead atoms. The lowest BCUT2D eigenvalue weighted by Crippen LogP contribution is -2.32. The van der Waals surface area contributed by atoms with Crippen LogP contribution in [0.4, 0.5) is 0 Å². The van der Waals surface area contributed by atoms with E-state index < -0.39 is 0 Å². The summed E-state index contributed by atoms with van der Waals surface area (Å²) in [7, 11) is 0. The number of thioether (sulfide) groups is 1. The van der Waals surface area contributed by atoms with Crippen LogP contribution in [0.5, 0.6) is 0 Å². The van der Waals surface area contributed by atoms with E-state index in [1.165, 1.54) is 27.6 Å². The van der Waals surface area contributed by atoms with Crippen molar-refractivity contribution in [3.05, 3.63) is 71.9 Å². The molecule has 2 aromatic carbocycles. The van der Waals surface area contributed by atoms with Crippen molar-refractivity contribution in [3.63, 3.8) is 0 Å². The highest BCUT2D eigenvalue weighted by atomic mass is 32.2. The molecule has 1 atom stereocenters. The van der Waals surface area contributed by atoms with Gasteiger partial charge in [-0.05, 0) is 30.4 Å². The molecule has 138 valence electrons. The molecular weight excluding hydrogens is 356 g/mol. The summed E-state index contributed by atoms with van der Waals surface area (Å²) in [6.07, 6.45) is 4.96. The minimum absolute atomic E-state index is 0.00552. The monoisotopic (exact) mass is 378 g/mol. The van der Waals surface area contributed by atoms with Gasteiger partial charge in [0.1, 0.15) is 0 Å². The fourth-order valence-electron chi connectivity index (χ4n) is 3.50. The van der Waals surface area contributed by atoms with E-state index in [9.17, 15) is 4.79 Å². The number of carbonyl (C=O) groups is 1. The molecule has 6 heteroatoms. The van der Waals surface area contributed by atoms with Crippen molar-refractivity contribution >= 4 is 17.7 Å². The van der Waals surface area contributed by atoms with Crippen molar-refractivity contribution in [2.24, 2.45) is 0 Å². The van der Waals surface area contributed by atoms with Crippen LogP contribution in [0.15, 0.2) is 66.0 Å². The summed E-state index contributed by atoms with van der Waals surface area (Å²) in [5, 5.41) is 3.80. The molecule has 1 aliphatic rings. The average Bonchev–Trinajstić information content (AvgIpc) is 3.08. The number of carbonyl (C=O) groups excluding carboxylic acids is 1. The Balaban J connectivity index is 1.39. The van der Waals surface area contributed by atoms with Crippen molar-refractivity contribution in [3.8, 4) is 11.3 Å². The highest BCUT2D eigenvalue weighted by Crippen LogP contribution is 2.29. The van der Waals surface area contributed by atoms with Crippen molar-refractivity contribution in [1.29, 1.82) is 0 Å². The van der Waals surface area contributed by atoms with Gasteiger partial charge in [-0.1, -0.05) is 66.4 Å². The van der Waals surface area contributed by atoms with Gasteiger partial charge in [0.15, 0.2) is 5.16 Å². The molecule has 0 aliphatic heterocycles. The molecule has 0 unspecified atom stereocenters. The van der Waals surface area contributed by atoms with Crippen LogP contribution in [0.25, 0.3) is 11.3 Å². The van der Waals surface area contributed by atoms with Gasteiger partial charge < -0.3 is 11.2 Å². The Hall–Kier alpha value is -2.73. The van der Waals surface area contributed by atoms with E-state index in [-0.39, 0.29) is 11.9 Å². The quantitative estimate of drug-likeness (QED) is 0.526. The molecule has 1 aromatic heterocycles. The normalized spacial score (nSPS) is 15.9. The van der Waals surface area contributed by atoms with Crippen LogP contribution in [-0.2, 0) is 11.2 Å². The van der Waals surface area contributed by atoms with Crippen LogP contribution in [0.2, 0.25) is 0 Å². The Kier molecular flexibility index (Phi) is 5.16. The Morgan fingerprint density at radius 1 is 1.19 bits per heavy atom. The first-order chi connectivity index (χ1) is 13.2. The third kappa shape index (κ3) is 4.01. The first kappa shape index (κ1) is 17.7. The first-order valence-corrected chi connectivity index (χ1v) is 10.1. The predicted octanol–water partition coefficient (Wildman–Crippen LogP) is 3.55. The average molecular weight is 379 g/mol. The maximum absolute atomic E-state index is 12.5. The van der Waals surface area contributed by atoms with E-state index in [1.54, 1.807) is 6.20 Å². The third-order valence-corrected chi connectivity index (χ3v) is 5.77. The van der Waals surface area contributed by atoms with Gasteiger partial charge in [-0.25, -0.2) is 9.66 Å². The second-order valence-corrected chi connectivity index (χ2v) is 7.62. The standard InChI is InChI=1S/C21H22N4OS/c22-25-13-19(16-8-2-1-3-9-16)24-21(25)27-14-20(26)23-18-12-6-10-15-7-4-5-11-17(15)18/h1-5,7-9,11,13,18H,6,10,12,14,22H2,(H,23,26)/t18-/m1/s1. The smallest absolute Gasteiger partial charge is 0.230 e. The van der Waals surface area contributed by atoms with Crippen molar-refractivity contribution in [1.82, 2.24) is 15.0 Å². The van der Waals surface area contributed by atoms with Crippen molar-refractivity contribution in [2.75, 3.05) is 11.6 Å². The number of nitrogen functional groups attached to an aromatic ring is 1. The van der Waals surface area contributed by atoms with Crippen molar-refractivity contribution < 1.29 is 4.79 Å². The minimum Gasteiger partial charge on any atom is -0.349 e. The number of aryl methyl sites for hydroxylation is 1. The fraction of sp³-hybridized carbons (Fsp3) is 0.238. The van der Waals surface area contributed by atoms with Crippen LogP contribution >= 0.6 is 11.8 Å². The summed E-state index contributed by atoms with van der Waals surface area (Å²) in [4.78, 5) is 17.0. The van der Waals surface area contributed by atoms with E-state index in [4.69, 9.17) is 5.84 Å². The topological polar surface area (TPSA) is 72.9 Å². The fourth-order valence-corrected chi connectivity index (χ4v) is 4.21. The van der Waals surface area contributed by atoms with Gasteiger partial charge in [-0.2, -0.15) is 0 Å². The van der Waals surface area contributed by atoms with E-state index in [0.717, 1.165) is 30.5 Å². The van der Waals surface area contributed by atoms with Crippen LogP contribution in [0, 0.1) is 0 Å². The van der Waals surface area contributed by atoms with Crippen LogP contribution in [0.3, 0.4) is 0 Å². The molecule has 3 aromatic rings. The lowest BCUT2D eigenvalue weighted by Gasteiger charge is -2.26. The number of hydrogen-bond donors (Lipinski definition) is 2. The predicted molar refractivity (Wildman–Crippen MR) is 109 cm³/mol. The number of benzene rings is 2. The third-order valence-electron chi connectivity index (χ3n) is 4.80. The molecule has 0 fully saturated rings. The largest absolute Gasteiger partial charge is 0.349 e. The SMILES string of the molecule is Nn1cc(-c2ccccc2)nc1SCC(=O)N[C@@H]1CCCc2ccccc21. The summed E-state index contributed by atoms with van der Waals surface area (Å²) in [6, 6.07) is 18.3. The summed E-state index contributed by atoms with van der Waals surface area (Å²) < 4.78 is 1.48. The Labute approximate surface area is 163 Å². The van der Waals surface area contributed by atoms with E-state index in [1.807, 2.05) is 36.4 Å². The molecule has 0 saturated heterocycles. The van der Waals surface area contributed by atoms with E-state index in [0.29, 0.717) is 10.9 Å². The summed E-state index contributed by atoms with van der Waals surface area (Å²) in [5.41, 5.74) is 4.40. The molecule has 1 heterocycles. The molecule has 1 amide bonds. The summed E-state index contributed by atoms with van der Waals surface area (Å²) in [6.45, 7) is 0.